The third-order valence-electron chi connectivity index (χ3n) is 3.93. The van der Waals surface area contributed by atoms with Gasteiger partial charge in [0.2, 0.25) is 5.91 Å². The molecule has 2 rings (SSSR count). The molecule has 0 radical (unpaired) electrons. The normalized spacial score (nSPS) is 17.4. The smallest absolute Gasteiger partial charge is 0.222 e. The Morgan fingerprint density at radius 3 is 2.80 bits per heavy atom. The zero-order chi connectivity index (χ0) is 14.4. The number of hydrogen-bond acceptors (Lipinski definition) is 3. The van der Waals surface area contributed by atoms with Crippen LogP contribution in [-0.2, 0) is 11.3 Å². The number of carbonyl (C=O) groups is 1. The first-order valence-corrected chi connectivity index (χ1v) is 7.54. The second-order valence-corrected chi connectivity index (χ2v) is 5.98. The number of pyridine rings is 1. The summed E-state index contributed by atoms with van der Waals surface area (Å²) in [6.07, 6.45) is 6.08. The molecule has 4 nitrogen and oxygen atoms in total. The molecule has 4 heteroatoms. The quantitative estimate of drug-likeness (QED) is 0.894. The van der Waals surface area contributed by atoms with Gasteiger partial charge >= 0.3 is 0 Å². The predicted molar refractivity (Wildman–Crippen MR) is 80.1 cm³/mol. The lowest BCUT2D eigenvalue weighted by atomic mass is 9.96. The molecule has 1 aromatic rings. The van der Waals surface area contributed by atoms with Gasteiger partial charge in [-0.1, -0.05) is 19.9 Å². The predicted octanol–water partition coefficient (Wildman–Crippen LogP) is 2.07. The number of nitrogens with one attached hydrogen (secondary N) is 1. The third-order valence-corrected chi connectivity index (χ3v) is 3.93. The highest BCUT2D eigenvalue weighted by Gasteiger charge is 2.20. The minimum atomic E-state index is 0.0840. The van der Waals surface area contributed by atoms with Gasteiger partial charge in [-0.15, -0.1) is 0 Å². The van der Waals surface area contributed by atoms with E-state index in [1.807, 2.05) is 32.3 Å². The molecular weight excluding hydrogens is 250 g/mol. The summed E-state index contributed by atoms with van der Waals surface area (Å²) in [5, 5.41) is 3.05. The summed E-state index contributed by atoms with van der Waals surface area (Å²) in [6.45, 7) is 7.91. The van der Waals surface area contributed by atoms with E-state index in [1.54, 1.807) is 0 Å². The number of amides is 1. The molecule has 1 aliphatic rings. The van der Waals surface area contributed by atoms with E-state index in [4.69, 9.17) is 0 Å². The Morgan fingerprint density at radius 2 is 2.20 bits per heavy atom. The van der Waals surface area contributed by atoms with Crippen LogP contribution in [0.1, 0.15) is 32.3 Å². The second-order valence-electron chi connectivity index (χ2n) is 5.98. The van der Waals surface area contributed by atoms with Crippen LogP contribution in [0.2, 0.25) is 0 Å². The first-order valence-electron chi connectivity index (χ1n) is 7.54. The van der Waals surface area contributed by atoms with Crippen LogP contribution in [0.4, 0.5) is 0 Å². The molecule has 0 bridgehead atoms. The summed E-state index contributed by atoms with van der Waals surface area (Å²) in [6, 6.07) is 4.12. The Hall–Kier alpha value is -1.42. The molecule has 1 saturated heterocycles. The summed E-state index contributed by atoms with van der Waals surface area (Å²) < 4.78 is 0. The Bertz CT molecular complexity index is 411. The van der Waals surface area contributed by atoms with E-state index >= 15 is 0 Å². The number of piperidine rings is 1. The minimum Gasteiger partial charge on any atom is -0.356 e. The SMILES string of the molecule is CC(C)C(=O)NCC1CCN(Cc2cccnc2)CC1. The fraction of sp³-hybridized carbons (Fsp3) is 0.625. The van der Waals surface area contributed by atoms with Gasteiger partial charge < -0.3 is 5.32 Å². The van der Waals surface area contributed by atoms with Crippen molar-refractivity contribution in [3.63, 3.8) is 0 Å². The highest BCUT2D eigenvalue weighted by Crippen LogP contribution is 2.18. The zero-order valence-corrected chi connectivity index (χ0v) is 12.5. The van der Waals surface area contributed by atoms with Crippen LogP contribution in [0.25, 0.3) is 0 Å². The number of carbonyl (C=O) groups excluding carboxylic acids is 1. The van der Waals surface area contributed by atoms with Crippen molar-refractivity contribution in [1.29, 1.82) is 0 Å². The van der Waals surface area contributed by atoms with Crippen molar-refractivity contribution in [2.24, 2.45) is 11.8 Å². The molecule has 0 saturated carbocycles. The number of rotatable bonds is 5. The van der Waals surface area contributed by atoms with Crippen LogP contribution < -0.4 is 5.32 Å². The van der Waals surface area contributed by atoms with Crippen molar-refractivity contribution in [3.05, 3.63) is 30.1 Å². The van der Waals surface area contributed by atoms with Crippen LogP contribution in [0.5, 0.6) is 0 Å². The molecule has 110 valence electrons. The van der Waals surface area contributed by atoms with Crippen LogP contribution in [0.15, 0.2) is 24.5 Å². The maximum absolute atomic E-state index is 11.6. The third kappa shape index (κ3) is 4.60. The molecular formula is C16H25N3O. The number of hydrogen-bond donors (Lipinski definition) is 1. The molecule has 0 unspecified atom stereocenters. The van der Waals surface area contributed by atoms with Crippen molar-refractivity contribution in [2.45, 2.75) is 33.2 Å². The van der Waals surface area contributed by atoms with E-state index in [1.165, 1.54) is 18.4 Å². The molecule has 0 aliphatic carbocycles. The number of aromatic nitrogens is 1. The van der Waals surface area contributed by atoms with Gasteiger partial charge in [0.25, 0.3) is 0 Å². The monoisotopic (exact) mass is 275 g/mol. The van der Waals surface area contributed by atoms with Gasteiger partial charge in [-0.05, 0) is 43.5 Å². The Morgan fingerprint density at radius 1 is 1.45 bits per heavy atom. The molecule has 2 heterocycles. The summed E-state index contributed by atoms with van der Waals surface area (Å²) in [7, 11) is 0. The molecule has 1 N–H and O–H groups in total. The van der Waals surface area contributed by atoms with Gasteiger partial charge in [-0.2, -0.15) is 0 Å². The molecule has 0 aromatic carbocycles. The highest BCUT2D eigenvalue weighted by molar-refractivity contribution is 5.77. The molecule has 1 aliphatic heterocycles. The second kappa shape index (κ2) is 7.39. The van der Waals surface area contributed by atoms with Gasteiger partial charge in [-0.25, -0.2) is 0 Å². The summed E-state index contributed by atoms with van der Waals surface area (Å²) in [4.78, 5) is 18.2. The van der Waals surface area contributed by atoms with Gasteiger partial charge in [0, 0.05) is 31.4 Å². The topological polar surface area (TPSA) is 45.2 Å². The highest BCUT2D eigenvalue weighted by atomic mass is 16.1. The van der Waals surface area contributed by atoms with E-state index in [0.29, 0.717) is 5.92 Å². The average Bonchev–Trinajstić information content (AvgIpc) is 2.47. The maximum Gasteiger partial charge on any atom is 0.222 e. The van der Waals surface area contributed by atoms with Gasteiger partial charge in [-0.3, -0.25) is 14.7 Å². The fourth-order valence-electron chi connectivity index (χ4n) is 2.55. The lowest BCUT2D eigenvalue weighted by molar-refractivity contribution is -0.124. The molecule has 20 heavy (non-hydrogen) atoms. The molecule has 0 atom stereocenters. The van der Waals surface area contributed by atoms with Crippen LogP contribution in [0.3, 0.4) is 0 Å². The van der Waals surface area contributed by atoms with Crippen molar-refractivity contribution in [2.75, 3.05) is 19.6 Å². The van der Waals surface area contributed by atoms with Crippen molar-refractivity contribution >= 4 is 5.91 Å². The summed E-state index contributed by atoms with van der Waals surface area (Å²) >= 11 is 0. The molecule has 0 spiro atoms. The van der Waals surface area contributed by atoms with E-state index in [9.17, 15) is 4.79 Å². The van der Waals surface area contributed by atoms with Gasteiger partial charge in [0.1, 0.15) is 0 Å². The Kier molecular flexibility index (Phi) is 5.53. The van der Waals surface area contributed by atoms with E-state index < -0.39 is 0 Å². The Balaban J connectivity index is 1.69. The first-order chi connectivity index (χ1) is 9.65. The number of likely N-dealkylation sites (tertiary alicyclic amines) is 1. The van der Waals surface area contributed by atoms with E-state index in [2.05, 4.69) is 21.3 Å². The van der Waals surface area contributed by atoms with Gasteiger partial charge in [0.15, 0.2) is 0 Å². The molecule has 1 amide bonds. The minimum absolute atomic E-state index is 0.0840. The Labute approximate surface area is 121 Å². The van der Waals surface area contributed by atoms with E-state index in [0.717, 1.165) is 26.2 Å². The van der Waals surface area contributed by atoms with Crippen molar-refractivity contribution in [3.8, 4) is 0 Å². The molecule has 1 aromatic heterocycles. The first kappa shape index (κ1) is 15.0. The van der Waals surface area contributed by atoms with Gasteiger partial charge in [0.05, 0.1) is 0 Å². The van der Waals surface area contributed by atoms with Crippen molar-refractivity contribution < 1.29 is 4.79 Å². The number of nitrogens with zero attached hydrogens (tertiary/aromatic N) is 2. The van der Waals surface area contributed by atoms with E-state index in [-0.39, 0.29) is 11.8 Å². The van der Waals surface area contributed by atoms with Crippen LogP contribution in [0, 0.1) is 11.8 Å². The average molecular weight is 275 g/mol. The lowest BCUT2D eigenvalue weighted by Crippen LogP contribution is -2.39. The summed E-state index contributed by atoms with van der Waals surface area (Å²) in [5.74, 6) is 0.881. The summed E-state index contributed by atoms with van der Waals surface area (Å²) in [5.41, 5.74) is 1.28. The standard InChI is InChI=1S/C16H25N3O/c1-13(2)16(20)18-11-14-5-8-19(9-6-14)12-15-4-3-7-17-10-15/h3-4,7,10,13-14H,5-6,8-9,11-12H2,1-2H3,(H,18,20). The van der Waals surface area contributed by atoms with Crippen LogP contribution >= 0.6 is 0 Å². The fourth-order valence-corrected chi connectivity index (χ4v) is 2.55. The maximum atomic E-state index is 11.6. The zero-order valence-electron chi connectivity index (χ0n) is 12.5. The van der Waals surface area contributed by atoms with Crippen molar-refractivity contribution in [1.82, 2.24) is 15.2 Å². The van der Waals surface area contributed by atoms with Crippen LogP contribution in [-0.4, -0.2) is 35.4 Å². The largest absolute Gasteiger partial charge is 0.356 e. The lowest BCUT2D eigenvalue weighted by Gasteiger charge is -2.32. The molecule has 1 fully saturated rings.